The fourth-order valence-electron chi connectivity index (χ4n) is 1.62. The minimum atomic E-state index is -2.82. The summed E-state index contributed by atoms with van der Waals surface area (Å²) >= 11 is 1.60. The zero-order valence-corrected chi connectivity index (χ0v) is 10.6. The molecule has 0 aliphatic rings. The molecule has 2 nitrogen and oxygen atoms in total. The lowest BCUT2D eigenvalue weighted by Crippen LogP contribution is -2.09. The van der Waals surface area contributed by atoms with Gasteiger partial charge in [-0.2, -0.15) is 20.1 Å². The lowest BCUT2D eigenvalue weighted by molar-refractivity contribution is -0.0493. The smallest absolute Gasteiger partial charge is 0.387 e. The van der Waals surface area contributed by atoms with Crippen LogP contribution in [0.3, 0.4) is 0 Å². The van der Waals surface area contributed by atoms with Crippen molar-refractivity contribution < 1.29 is 13.5 Å². The molecule has 0 aliphatic carbocycles. The number of anilines is 1. The highest BCUT2D eigenvalue weighted by Crippen LogP contribution is 2.29. The number of alkyl halides is 2. The van der Waals surface area contributed by atoms with Gasteiger partial charge in [0.15, 0.2) is 0 Å². The molecule has 1 heterocycles. The lowest BCUT2D eigenvalue weighted by atomic mass is 10.1. The summed E-state index contributed by atoms with van der Waals surface area (Å²) in [6.45, 7) is -0.842. The Morgan fingerprint density at radius 2 is 2.00 bits per heavy atom. The van der Waals surface area contributed by atoms with Gasteiger partial charge >= 0.3 is 6.61 Å². The van der Waals surface area contributed by atoms with Crippen LogP contribution in [0.25, 0.3) is 0 Å². The third-order valence-corrected chi connectivity index (χ3v) is 3.22. The molecule has 1 aromatic heterocycles. The van der Waals surface area contributed by atoms with E-state index in [0.717, 1.165) is 5.56 Å². The molecule has 0 fully saturated rings. The van der Waals surface area contributed by atoms with Crippen LogP contribution in [-0.4, -0.2) is 6.61 Å². The van der Waals surface area contributed by atoms with Gasteiger partial charge in [0.25, 0.3) is 0 Å². The van der Waals surface area contributed by atoms with Crippen molar-refractivity contribution in [1.29, 1.82) is 0 Å². The predicted octanol–water partition coefficient (Wildman–Crippen LogP) is 4.52. The van der Waals surface area contributed by atoms with Crippen molar-refractivity contribution in [2.75, 3.05) is 5.32 Å². The van der Waals surface area contributed by atoms with E-state index in [1.165, 1.54) is 6.07 Å². The van der Waals surface area contributed by atoms with Crippen LogP contribution in [0.5, 0.6) is 5.75 Å². The average Bonchev–Trinajstić information content (AvgIpc) is 2.84. The summed E-state index contributed by atoms with van der Waals surface area (Å²) in [5.41, 5.74) is 1.68. The molecule has 1 unspecified atom stereocenters. The van der Waals surface area contributed by atoms with Gasteiger partial charge in [0.05, 0.1) is 5.69 Å². The summed E-state index contributed by atoms with van der Waals surface area (Å²) in [5, 5.41) is 7.17. The summed E-state index contributed by atoms with van der Waals surface area (Å²) in [5.74, 6) is 0.162. The van der Waals surface area contributed by atoms with Gasteiger partial charge in [0, 0.05) is 6.04 Å². The molecule has 1 aromatic carbocycles. The van der Waals surface area contributed by atoms with Gasteiger partial charge in [-0.25, -0.2) is 0 Å². The van der Waals surface area contributed by atoms with Crippen LogP contribution in [0, 0.1) is 0 Å². The number of nitrogens with one attached hydrogen (secondary N) is 1. The van der Waals surface area contributed by atoms with Gasteiger partial charge in [-0.3, -0.25) is 0 Å². The largest absolute Gasteiger partial charge is 0.433 e. The first kappa shape index (κ1) is 12.8. The molecule has 96 valence electrons. The summed E-state index contributed by atoms with van der Waals surface area (Å²) < 4.78 is 29.0. The minimum Gasteiger partial charge on any atom is -0.433 e. The number of hydrogen-bond donors (Lipinski definition) is 1. The maximum atomic E-state index is 12.3. The van der Waals surface area contributed by atoms with E-state index in [1.54, 1.807) is 29.5 Å². The first-order valence-electron chi connectivity index (χ1n) is 5.49. The highest BCUT2D eigenvalue weighted by Gasteiger charge is 2.12. The van der Waals surface area contributed by atoms with E-state index in [9.17, 15) is 8.78 Å². The molecule has 5 heteroatoms. The summed E-state index contributed by atoms with van der Waals surface area (Å²) in [6, 6.07) is 8.73. The van der Waals surface area contributed by atoms with Gasteiger partial charge in [-0.15, -0.1) is 0 Å². The second-order valence-electron chi connectivity index (χ2n) is 3.80. The van der Waals surface area contributed by atoms with Crippen molar-refractivity contribution in [2.24, 2.45) is 0 Å². The average molecular weight is 269 g/mol. The van der Waals surface area contributed by atoms with Crippen LogP contribution in [0.15, 0.2) is 41.1 Å². The van der Waals surface area contributed by atoms with E-state index in [1.807, 2.05) is 23.8 Å². The minimum absolute atomic E-state index is 0.0404. The Hall–Kier alpha value is -1.62. The molecular formula is C13H13F2NOS. The van der Waals surface area contributed by atoms with Gasteiger partial charge in [0.1, 0.15) is 5.75 Å². The molecule has 0 radical (unpaired) electrons. The Labute approximate surface area is 108 Å². The van der Waals surface area contributed by atoms with Crippen molar-refractivity contribution in [2.45, 2.75) is 19.6 Å². The Bertz CT molecular complexity index is 487. The Morgan fingerprint density at radius 1 is 1.22 bits per heavy atom. The van der Waals surface area contributed by atoms with E-state index < -0.39 is 6.61 Å². The Balaban J connectivity index is 2.13. The Kier molecular flexibility index (Phi) is 4.15. The van der Waals surface area contributed by atoms with E-state index >= 15 is 0 Å². The summed E-state index contributed by atoms with van der Waals surface area (Å²) in [7, 11) is 0. The zero-order chi connectivity index (χ0) is 13.0. The topological polar surface area (TPSA) is 21.3 Å². The van der Waals surface area contributed by atoms with Gasteiger partial charge in [-0.1, -0.05) is 12.1 Å². The fourth-order valence-corrected chi connectivity index (χ4v) is 2.38. The third-order valence-electron chi connectivity index (χ3n) is 2.52. The van der Waals surface area contributed by atoms with Crippen LogP contribution in [0.1, 0.15) is 18.5 Å². The normalized spacial score (nSPS) is 12.4. The molecule has 1 atom stereocenters. The fraction of sp³-hybridized carbons (Fsp3) is 0.231. The first-order chi connectivity index (χ1) is 8.66. The molecule has 1 N–H and O–H groups in total. The maximum absolute atomic E-state index is 12.3. The molecule has 0 bridgehead atoms. The number of halogens is 2. The quantitative estimate of drug-likeness (QED) is 0.861. The van der Waals surface area contributed by atoms with Gasteiger partial charge in [-0.05, 0) is 41.4 Å². The number of para-hydroxylation sites is 2. The molecule has 0 aliphatic heterocycles. The lowest BCUT2D eigenvalue weighted by Gasteiger charge is -2.17. The van der Waals surface area contributed by atoms with E-state index in [4.69, 9.17) is 0 Å². The molecule has 0 saturated heterocycles. The van der Waals surface area contributed by atoms with E-state index in [0.29, 0.717) is 5.69 Å². The van der Waals surface area contributed by atoms with E-state index in [-0.39, 0.29) is 11.8 Å². The van der Waals surface area contributed by atoms with Crippen LogP contribution >= 0.6 is 11.3 Å². The van der Waals surface area contributed by atoms with Crippen LogP contribution in [0.2, 0.25) is 0 Å². The van der Waals surface area contributed by atoms with E-state index in [2.05, 4.69) is 10.1 Å². The zero-order valence-electron chi connectivity index (χ0n) is 9.77. The Morgan fingerprint density at radius 3 is 2.67 bits per heavy atom. The molecule has 2 rings (SSSR count). The molecule has 18 heavy (non-hydrogen) atoms. The molecule has 0 amide bonds. The molecule has 0 spiro atoms. The van der Waals surface area contributed by atoms with Crippen molar-refractivity contribution in [3.8, 4) is 5.75 Å². The van der Waals surface area contributed by atoms with Crippen molar-refractivity contribution in [3.63, 3.8) is 0 Å². The first-order valence-corrected chi connectivity index (χ1v) is 6.43. The number of thiophene rings is 1. The molecular weight excluding hydrogens is 256 g/mol. The maximum Gasteiger partial charge on any atom is 0.387 e. The number of rotatable bonds is 5. The van der Waals surface area contributed by atoms with Gasteiger partial charge < -0.3 is 10.1 Å². The highest BCUT2D eigenvalue weighted by atomic mass is 32.1. The number of hydrogen-bond acceptors (Lipinski definition) is 3. The summed E-state index contributed by atoms with van der Waals surface area (Å²) in [4.78, 5) is 0. The monoisotopic (exact) mass is 269 g/mol. The standard InChI is InChI=1S/C13H13F2NOS/c1-9(10-6-7-18-8-10)16-11-4-2-3-5-12(11)17-13(14)15/h2-9,13,16H,1H3. The SMILES string of the molecule is CC(Nc1ccccc1OC(F)F)c1ccsc1. The molecule has 2 aromatic rings. The highest BCUT2D eigenvalue weighted by molar-refractivity contribution is 7.07. The van der Waals surface area contributed by atoms with Crippen LogP contribution < -0.4 is 10.1 Å². The van der Waals surface area contributed by atoms with Crippen molar-refractivity contribution in [1.82, 2.24) is 0 Å². The second kappa shape index (κ2) is 5.82. The second-order valence-corrected chi connectivity index (χ2v) is 4.58. The number of benzene rings is 1. The van der Waals surface area contributed by atoms with Crippen molar-refractivity contribution >= 4 is 17.0 Å². The third kappa shape index (κ3) is 3.20. The summed E-state index contributed by atoms with van der Waals surface area (Å²) in [6.07, 6.45) is 0. The van der Waals surface area contributed by atoms with Crippen LogP contribution in [0.4, 0.5) is 14.5 Å². The molecule has 0 saturated carbocycles. The van der Waals surface area contributed by atoms with Gasteiger partial charge in [0.2, 0.25) is 0 Å². The van der Waals surface area contributed by atoms with Crippen molar-refractivity contribution in [3.05, 3.63) is 46.7 Å². The number of ether oxygens (including phenoxy) is 1. The predicted molar refractivity (Wildman–Crippen MR) is 69.4 cm³/mol. The van der Waals surface area contributed by atoms with Crippen LogP contribution in [-0.2, 0) is 0 Å².